The summed E-state index contributed by atoms with van der Waals surface area (Å²) in [5.74, 6) is -1.86. The highest BCUT2D eigenvalue weighted by atomic mass is 32.2. The summed E-state index contributed by atoms with van der Waals surface area (Å²) >= 11 is 0. The van der Waals surface area contributed by atoms with Crippen molar-refractivity contribution >= 4 is 55.0 Å². The standard InChI is InChI=1S/C32H31N5O4S/c1-3-36(4-2)32(39)28(30(33)38)19-22-13-16-25(17-14-22)37(31-27-11-7-8-12-29(27)34-21-35-31)42(40,41)26-18-15-23-9-5-6-10-24(23)20-26/h5-18,20-21,28H,3-4,19H2,1-2H3,(H2,33,38). The van der Waals surface area contributed by atoms with Crippen LogP contribution in [0.2, 0.25) is 0 Å². The SMILES string of the molecule is CCN(CC)C(=O)C(Cc1ccc(N(c2ncnc3ccccc23)S(=O)(=O)c2ccc3ccccc3c2)cc1)C(N)=O. The molecule has 5 rings (SSSR count). The lowest BCUT2D eigenvalue weighted by atomic mass is 9.97. The number of carbonyl (C=O) groups excluding carboxylic acids is 2. The average Bonchev–Trinajstić information content (AvgIpc) is 3.01. The molecular formula is C32H31N5O4S. The molecule has 1 heterocycles. The van der Waals surface area contributed by atoms with Gasteiger partial charge in [0.05, 0.1) is 16.1 Å². The van der Waals surface area contributed by atoms with Crippen LogP contribution in [0.3, 0.4) is 0 Å². The molecule has 9 nitrogen and oxygen atoms in total. The number of hydrogen-bond donors (Lipinski definition) is 1. The number of rotatable bonds is 10. The second-order valence-electron chi connectivity index (χ2n) is 9.83. The quantitative estimate of drug-likeness (QED) is 0.236. The van der Waals surface area contributed by atoms with Crippen molar-refractivity contribution in [2.75, 3.05) is 17.4 Å². The van der Waals surface area contributed by atoms with Gasteiger partial charge in [-0.3, -0.25) is 9.59 Å². The summed E-state index contributed by atoms with van der Waals surface area (Å²) in [4.78, 5) is 35.6. The molecule has 10 heteroatoms. The van der Waals surface area contributed by atoms with Crippen LogP contribution in [0.1, 0.15) is 19.4 Å². The van der Waals surface area contributed by atoms with Crippen molar-refractivity contribution in [2.45, 2.75) is 25.2 Å². The van der Waals surface area contributed by atoms with Crippen LogP contribution in [-0.2, 0) is 26.0 Å². The fraction of sp³-hybridized carbons (Fsp3) is 0.188. The number of benzene rings is 4. The number of sulfonamides is 1. The highest BCUT2D eigenvalue weighted by molar-refractivity contribution is 7.93. The Hall–Kier alpha value is -4.83. The van der Waals surface area contributed by atoms with Crippen LogP contribution in [0.25, 0.3) is 21.7 Å². The Labute approximate surface area is 244 Å². The van der Waals surface area contributed by atoms with Gasteiger partial charge in [-0.1, -0.05) is 54.6 Å². The molecule has 0 bridgehead atoms. The molecule has 4 aromatic carbocycles. The van der Waals surface area contributed by atoms with Crippen LogP contribution < -0.4 is 10.0 Å². The van der Waals surface area contributed by atoms with Crippen molar-refractivity contribution in [1.29, 1.82) is 0 Å². The molecule has 1 aromatic heterocycles. The van der Waals surface area contributed by atoms with Crippen LogP contribution in [-0.4, -0.2) is 48.2 Å². The van der Waals surface area contributed by atoms with Crippen LogP contribution in [0.5, 0.6) is 0 Å². The fourth-order valence-corrected chi connectivity index (χ4v) is 6.53. The number of primary amides is 1. The van der Waals surface area contributed by atoms with E-state index in [1.807, 2.05) is 44.2 Å². The van der Waals surface area contributed by atoms with Crippen molar-refractivity contribution in [3.05, 3.63) is 103 Å². The van der Waals surface area contributed by atoms with Crippen molar-refractivity contribution < 1.29 is 18.0 Å². The number of amides is 2. The number of nitrogens with two attached hydrogens (primary N) is 1. The Kier molecular flexibility index (Phi) is 8.17. The first-order valence-corrected chi connectivity index (χ1v) is 15.1. The molecule has 0 radical (unpaired) electrons. The van der Waals surface area contributed by atoms with Gasteiger partial charge >= 0.3 is 0 Å². The summed E-state index contributed by atoms with van der Waals surface area (Å²) in [5, 5.41) is 2.27. The van der Waals surface area contributed by atoms with Crippen LogP contribution in [0, 0.1) is 5.92 Å². The lowest BCUT2D eigenvalue weighted by Crippen LogP contribution is -2.42. The van der Waals surface area contributed by atoms with Crippen LogP contribution >= 0.6 is 0 Å². The molecule has 5 aromatic rings. The summed E-state index contributed by atoms with van der Waals surface area (Å²) in [7, 11) is -4.16. The Morgan fingerprint density at radius 2 is 1.50 bits per heavy atom. The maximum atomic E-state index is 14.4. The molecule has 1 atom stereocenters. The van der Waals surface area contributed by atoms with Gasteiger partial charge < -0.3 is 10.6 Å². The monoisotopic (exact) mass is 581 g/mol. The van der Waals surface area contributed by atoms with E-state index < -0.39 is 21.8 Å². The molecule has 0 aliphatic rings. The van der Waals surface area contributed by atoms with Crippen molar-refractivity contribution in [2.24, 2.45) is 11.7 Å². The molecule has 0 saturated carbocycles. The maximum absolute atomic E-state index is 14.4. The Balaban J connectivity index is 1.59. The number of carbonyl (C=O) groups is 2. The molecule has 2 amide bonds. The molecule has 0 spiro atoms. The number of nitrogens with zero attached hydrogens (tertiary/aromatic N) is 4. The fourth-order valence-electron chi connectivity index (χ4n) is 5.03. The zero-order chi connectivity index (χ0) is 29.9. The summed E-state index contributed by atoms with van der Waals surface area (Å²) < 4.78 is 29.9. The number of fused-ring (bicyclic) bond motifs is 2. The van der Waals surface area contributed by atoms with Gasteiger partial charge in [0.15, 0.2) is 5.82 Å². The van der Waals surface area contributed by atoms with Crippen molar-refractivity contribution in [3.8, 4) is 0 Å². The molecule has 0 fully saturated rings. The van der Waals surface area contributed by atoms with E-state index in [0.29, 0.717) is 35.2 Å². The highest BCUT2D eigenvalue weighted by Crippen LogP contribution is 2.36. The first-order chi connectivity index (χ1) is 20.2. The molecule has 0 aliphatic heterocycles. The number of para-hydroxylation sites is 1. The van der Waals surface area contributed by atoms with E-state index in [0.717, 1.165) is 10.8 Å². The van der Waals surface area contributed by atoms with Crippen LogP contribution in [0.4, 0.5) is 11.5 Å². The molecule has 1 unspecified atom stereocenters. The molecule has 2 N–H and O–H groups in total. The summed E-state index contributed by atoms with van der Waals surface area (Å²) in [6.07, 6.45) is 1.43. The largest absolute Gasteiger partial charge is 0.369 e. The number of anilines is 2. The third kappa shape index (κ3) is 5.53. The molecule has 214 valence electrons. The zero-order valence-electron chi connectivity index (χ0n) is 23.3. The van der Waals surface area contributed by atoms with E-state index in [4.69, 9.17) is 5.73 Å². The summed E-state index contributed by atoms with van der Waals surface area (Å²) in [5.41, 5.74) is 7.21. The summed E-state index contributed by atoms with van der Waals surface area (Å²) in [6, 6.07) is 26.4. The predicted molar refractivity (Wildman–Crippen MR) is 164 cm³/mol. The third-order valence-corrected chi connectivity index (χ3v) is 9.01. The van der Waals surface area contributed by atoms with E-state index in [2.05, 4.69) is 9.97 Å². The van der Waals surface area contributed by atoms with E-state index in [9.17, 15) is 18.0 Å². The van der Waals surface area contributed by atoms with Gasteiger partial charge in [0.1, 0.15) is 12.2 Å². The average molecular weight is 582 g/mol. The number of hydrogen-bond acceptors (Lipinski definition) is 6. The first-order valence-electron chi connectivity index (χ1n) is 13.7. The minimum atomic E-state index is -4.16. The van der Waals surface area contributed by atoms with Crippen LogP contribution in [0.15, 0.2) is 102 Å². The number of aromatic nitrogens is 2. The van der Waals surface area contributed by atoms with Gasteiger partial charge in [0.25, 0.3) is 10.0 Å². The maximum Gasteiger partial charge on any atom is 0.269 e. The van der Waals surface area contributed by atoms with Gasteiger partial charge in [-0.15, -0.1) is 0 Å². The topological polar surface area (TPSA) is 127 Å². The van der Waals surface area contributed by atoms with Gasteiger partial charge in [-0.2, -0.15) is 0 Å². The molecule has 0 saturated heterocycles. The Morgan fingerprint density at radius 3 is 2.19 bits per heavy atom. The van der Waals surface area contributed by atoms with E-state index in [-0.39, 0.29) is 23.0 Å². The van der Waals surface area contributed by atoms with Gasteiger partial charge in [0, 0.05) is 18.5 Å². The third-order valence-electron chi connectivity index (χ3n) is 7.30. The second-order valence-corrected chi connectivity index (χ2v) is 11.6. The molecular weight excluding hydrogens is 550 g/mol. The molecule has 0 aliphatic carbocycles. The van der Waals surface area contributed by atoms with Gasteiger partial charge in [0.2, 0.25) is 11.8 Å². The predicted octanol–water partition coefficient (Wildman–Crippen LogP) is 4.82. The first kappa shape index (κ1) is 28.7. The normalized spacial score (nSPS) is 12.2. The van der Waals surface area contributed by atoms with Gasteiger partial charge in [-0.05, 0) is 73.0 Å². The lowest BCUT2D eigenvalue weighted by molar-refractivity contribution is -0.140. The zero-order valence-corrected chi connectivity index (χ0v) is 24.2. The highest BCUT2D eigenvalue weighted by Gasteiger charge is 2.31. The van der Waals surface area contributed by atoms with Crippen molar-refractivity contribution in [1.82, 2.24) is 14.9 Å². The van der Waals surface area contributed by atoms with Gasteiger partial charge in [-0.25, -0.2) is 22.7 Å². The molecule has 42 heavy (non-hydrogen) atoms. The van der Waals surface area contributed by atoms with E-state index in [1.54, 1.807) is 65.6 Å². The smallest absolute Gasteiger partial charge is 0.269 e. The minimum absolute atomic E-state index is 0.0960. The summed E-state index contributed by atoms with van der Waals surface area (Å²) in [6.45, 7) is 4.62. The Bertz CT molecular complexity index is 1870. The van der Waals surface area contributed by atoms with E-state index >= 15 is 0 Å². The van der Waals surface area contributed by atoms with Crippen molar-refractivity contribution in [3.63, 3.8) is 0 Å². The minimum Gasteiger partial charge on any atom is -0.369 e. The lowest BCUT2D eigenvalue weighted by Gasteiger charge is -2.25. The second kappa shape index (κ2) is 12.0. The Morgan fingerprint density at radius 1 is 0.833 bits per heavy atom. The van der Waals surface area contributed by atoms with E-state index in [1.165, 1.54) is 10.6 Å².